The third-order valence-electron chi connectivity index (χ3n) is 4.49. The number of amides is 1. The summed E-state index contributed by atoms with van der Waals surface area (Å²) in [4.78, 5) is 26.8. The first-order valence-corrected chi connectivity index (χ1v) is 8.84. The second kappa shape index (κ2) is 8.01. The zero-order chi connectivity index (χ0) is 19.6. The van der Waals surface area contributed by atoms with Crippen LogP contribution in [-0.4, -0.2) is 56.6 Å². The zero-order valence-corrected chi connectivity index (χ0v) is 15.5. The lowest BCUT2D eigenvalue weighted by molar-refractivity contribution is -0.392. The Balaban J connectivity index is 1.56. The van der Waals surface area contributed by atoms with E-state index in [0.29, 0.717) is 43.4 Å². The molecule has 0 aliphatic carbocycles. The summed E-state index contributed by atoms with van der Waals surface area (Å²) >= 11 is 6.06. The van der Waals surface area contributed by atoms with Gasteiger partial charge in [-0.2, -0.15) is 0 Å². The van der Waals surface area contributed by atoms with Crippen molar-refractivity contribution < 1.29 is 14.1 Å². The van der Waals surface area contributed by atoms with Gasteiger partial charge in [0.15, 0.2) is 6.54 Å². The predicted octanol–water partition coefficient (Wildman–Crippen LogP) is 2.24. The smallest absolute Gasteiger partial charge is 0.345 e. The van der Waals surface area contributed by atoms with Gasteiger partial charge in [0, 0.05) is 37.7 Å². The number of benzene rings is 1. The summed E-state index contributed by atoms with van der Waals surface area (Å²) < 4.78 is 14.3. The Morgan fingerprint density at radius 3 is 2.63 bits per heavy atom. The monoisotopic (exact) mass is 395 g/mol. The lowest BCUT2D eigenvalue weighted by Gasteiger charge is -2.34. The normalized spacial score (nSPS) is 15.1. The molecular formula is C17H19ClFN5O3. The number of piperazine rings is 1. The maximum absolute atomic E-state index is 13.1. The van der Waals surface area contributed by atoms with Crippen LogP contribution in [0.5, 0.6) is 0 Å². The number of halogens is 2. The van der Waals surface area contributed by atoms with Crippen LogP contribution in [0.3, 0.4) is 0 Å². The molecule has 0 atom stereocenters. The van der Waals surface area contributed by atoms with Gasteiger partial charge in [-0.3, -0.25) is 9.69 Å². The van der Waals surface area contributed by atoms with E-state index in [-0.39, 0.29) is 24.1 Å². The highest BCUT2D eigenvalue weighted by molar-refractivity contribution is 6.31. The lowest BCUT2D eigenvalue weighted by atomic mass is 10.2. The van der Waals surface area contributed by atoms with E-state index in [9.17, 15) is 19.3 Å². The van der Waals surface area contributed by atoms with Gasteiger partial charge < -0.3 is 15.0 Å². The Hall–Kier alpha value is -2.52. The highest BCUT2D eigenvalue weighted by Crippen LogP contribution is 2.20. The Kier molecular flexibility index (Phi) is 5.71. The molecule has 2 heterocycles. The van der Waals surface area contributed by atoms with E-state index >= 15 is 0 Å². The summed E-state index contributed by atoms with van der Waals surface area (Å²) in [6, 6.07) is 5.67. The van der Waals surface area contributed by atoms with Crippen LogP contribution >= 0.6 is 11.6 Å². The van der Waals surface area contributed by atoms with E-state index in [1.54, 1.807) is 17.9 Å². The van der Waals surface area contributed by atoms with Crippen molar-refractivity contribution in [3.05, 3.63) is 56.5 Å². The van der Waals surface area contributed by atoms with Gasteiger partial charge in [0.2, 0.25) is 0 Å². The highest BCUT2D eigenvalue weighted by atomic mass is 35.5. The third kappa shape index (κ3) is 4.61. The Labute approximate surface area is 160 Å². The number of rotatable bonds is 5. The van der Waals surface area contributed by atoms with Gasteiger partial charge in [-0.15, -0.1) is 4.68 Å². The largest absolute Gasteiger partial charge is 0.358 e. The van der Waals surface area contributed by atoms with Crippen molar-refractivity contribution in [2.45, 2.75) is 20.0 Å². The molecule has 1 fully saturated rings. The Bertz CT molecular complexity index is 864. The molecule has 1 aromatic carbocycles. The molecule has 1 aromatic heterocycles. The standard InChI is InChI=1S/C17H19ClFN5O3/c1-12-8-16(24(26)27)23(20-12)11-17(25)22-6-4-21(5-7-22)10-13-2-3-14(19)9-15(13)18/h2-3,8-9H,4-7,10-11H2,1H3. The maximum Gasteiger partial charge on any atom is 0.345 e. The van der Waals surface area contributed by atoms with Crippen LogP contribution in [0.15, 0.2) is 24.3 Å². The van der Waals surface area contributed by atoms with Crippen LogP contribution < -0.4 is 0 Å². The first kappa shape index (κ1) is 19.2. The van der Waals surface area contributed by atoms with Gasteiger partial charge in [-0.25, -0.2) is 4.39 Å². The number of carbonyl (C=O) groups excluding carboxylic acids is 1. The molecule has 1 saturated heterocycles. The molecule has 10 heteroatoms. The van der Waals surface area contributed by atoms with Crippen molar-refractivity contribution >= 4 is 23.3 Å². The van der Waals surface area contributed by atoms with Crippen LogP contribution in [0.4, 0.5) is 10.2 Å². The molecule has 0 spiro atoms. The number of carbonyl (C=O) groups is 1. The van der Waals surface area contributed by atoms with Gasteiger partial charge >= 0.3 is 5.82 Å². The van der Waals surface area contributed by atoms with Crippen molar-refractivity contribution in [2.75, 3.05) is 26.2 Å². The molecule has 1 aliphatic rings. The molecule has 2 aromatic rings. The number of aryl methyl sites for hydroxylation is 1. The van der Waals surface area contributed by atoms with E-state index in [4.69, 9.17) is 11.6 Å². The second-order valence-electron chi connectivity index (χ2n) is 6.45. The maximum atomic E-state index is 13.1. The summed E-state index contributed by atoms with van der Waals surface area (Å²) in [5, 5.41) is 15.4. The molecule has 27 heavy (non-hydrogen) atoms. The molecule has 0 unspecified atom stereocenters. The van der Waals surface area contributed by atoms with Gasteiger partial charge in [0.1, 0.15) is 5.82 Å². The fourth-order valence-corrected chi connectivity index (χ4v) is 3.30. The molecule has 8 nitrogen and oxygen atoms in total. The van der Waals surface area contributed by atoms with Gasteiger partial charge in [0.25, 0.3) is 5.91 Å². The topological polar surface area (TPSA) is 84.5 Å². The fourth-order valence-electron chi connectivity index (χ4n) is 3.07. The van der Waals surface area contributed by atoms with Crippen molar-refractivity contribution in [1.82, 2.24) is 19.6 Å². The molecule has 0 saturated carbocycles. The fraction of sp³-hybridized carbons (Fsp3) is 0.412. The summed E-state index contributed by atoms with van der Waals surface area (Å²) in [6.45, 7) is 4.35. The summed E-state index contributed by atoms with van der Waals surface area (Å²) in [5.74, 6) is -0.770. The number of nitrogens with zero attached hydrogens (tertiary/aromatic N) is 5. The quantitative estimate of drug-likeness (QED) is 0.572. The second-order valence-corrected chi connectivity index (χ2v) is 6.86. The van der Waals surface area contributed by atoms with E-state index < -0.39 is 4.92 Å². The number of aromatic nitrogens is 2. The predicted molar refractivity (Wildman–Crippen MR) is 96.9 cm³/mol. The summed E-state index contributed by atoms with van der Waals surface area (Å²) in [5.41, 5.74) is 1.33. The summed E-state index contributed by atoms with van der Waals surface area (Å²) in [7, 11) is 0. The third-order valence-corrected chi connectivity index (χ3v) is 4.84. The lowest BCUT2D eigenvalue weighted by Crippen LogP contribution is -2.49. The minimum atomic E-state index is -0.544. The Morgan fingerprint density at radius 2 is 2.00 bits per heavy atom. The van der Waals surface area contributed by atoms with Gasteiger partial charge in [-0.1, -0.05) is 22.8 Å². The molecule has 144 valence electrons. The number of hydrogen-bond donors (Lipinski definition) is 0. The van der Waals surface area contributed by atoms with Crippen molar-refractivity contribution in [3.63, 3.8) is 0 Å². The zero-order valence-electron chi connectivity index (χ0n) is 14.8. The van der Waals surface area contributed by atoms with Gasteiger partial charge in [-0.05, 0) is 29.5 Å². The first-order valence-electron chi connectivity index (χ1n) is 8.46. The van der Waals surface area contributed by atoms with E-state index in [2.05, 4.69) is 10.00 Å². The molecule has 0 bridgehead atoms. The number of nitro groups is 1. The van der Waals surface area contributed by atoms with E-state index in [1.165, 1.54) is 18.2 Å². The minimum Gasteiger partial charge on any atom is -0.358 e. The summed E-state index contributed by atoms with van der Waals surface area (Å²) in [6.07, 6.45) is 0. The minimum absolute atomic E-state index is 0.159. The molecule has 1 amide bonds. The molecular weight excluding hydrogens is 377 g/mol. The van der Waals surface area contributed by atoms with Crippen LogP contribution in [0.1, 0.15) is 11.3 Å². The van der Waals surface area contributed by atoms with Crippen molar-refractivity contribution in [3.8, 4) is 0 Å². The van der Waals surface area contributed by atoms with Crippen molar-refractivity contribution in [1.29, 1.82) is 0 Å². The van der Waals surface area contributed by atoms with E-state index in [1.807, 2.05) is 0 Å². The molecule has 0 radical (unpaired) electrons. The van der Waals surface area contributed by atoms with Crippen LogP contribution in [0.25, 0.3) is 0 Å². The highest BCUT2D eigenvalue weighted by Gasteiger charge is 2.26. The average molecular weight is 396 g/mol. The first-order chi connectivity index (χ1) is 12.8. The van der Waals surface area contributed by atoms with E-state index in [0.717, 1.165) is 10.2 Å². The Morgan fingerprint density at radius 1 is 1.30 bits per heavy atom. The molecule has 3 rings (SSSR count). The number of hydrogen-bond acceptors (Lipinski definition) is 5. The van der Waals surface area contributed by atoms with Crippen LogP contribution in [-0.2, 0) is 17.9 Å². The molecule has 1 aliphatic heterocycles. The van der Waals surface area contributed by atoms with Crippen LogP contribution in [0, 0.1) is 22.9 Å². The average Bonchev–Trinajstić information content (AvgIpc) is 2.98. The van der Waals surface area contributed by atoms with Crippen molar-refractivity contribution in [2.24, 2.45) is 0 Å². The SMILES string of the molecule is Cc1cc([N+](=O)[O-])n(CC(=O)N2CCN(Cc3ccc(F)cc3Cl)CC2)n1. The van der Waals surface area contributed by atoms with Crippen LogP contribution in [0.2, 0.25) is 5.02 Å². The van der Waals surface area contributed by atoms with Gasteiger partial charge in [0.05, 0.1) is 11.8 Å². The molecule has 0 N–H and O–H groups in total.